The fourth-order valence-electron chi connectivity index (χ4n) is 0.971. The molecule has 0 heterocycles. The van der Waals surface area contributed by atoms with Crippen molar-refractivity contribution < 1.29 is 35.1 Å². The Labute approximate surface area is 127 Å². The molecule has 3 unspecified atom stereocenters. The minimum Gasteiger partial charge on any atom is -0.234 e. The van der Waals surface area contributed by atoms with Crippen LogP contribution in [0.5, 0.6) is 0 Å². The van der Waals surface area contributed by atoms with E-state index < -0.39 is 45.5 Å². The zero-order chi connectivity index (χ0) is 16.5. The molecule has 0 aliphatic rings. The molecule has 12 heteroatoms. The van der Waals surface area contributed by atoms with Gasteiger partial charge in [-0.3, -0.25) is 0 Å². The van der Waals surface area contributed by atoms with Crippen LogP contribution >= 0.6 is 46.4 Å². The Bertz CT molecular complexity index is 366. The fourth-order valence-corrected chi connectivity index (χ4v) is 1.88. The van der Waals surface area contributed by atoms with E-state index in [1.165, 1.54) is 0 Å². The molecule has 3 atom stereocenters. The number of alkyl halides is 10. The molecule has 0 spiro atoms. The van der Waals surface area contributed by atoms with Gasteiger partial charge in [-0.25, -0.2) is 22.0 Å². The molecule has 0 aromatic rings. The van der Waals surface area contributed by atoms with Gasteiger partial charge in [0.05, 0.1) is 5.03 Å². The maximum atomic E-state index is 13.4. The van der Waals surface area contributed by atoms with E-state index in [0.29, 0.717) is 0 Å². The second kappa shape index (κ2) is 6.62. The van der Waals surface area contributed by atoms with E-state index in [2.05, 4.69) is 0 Å². The molecule has 0 aromatic carbocycles. The highest BCUT2D eigenvalue weighted by molar-refractivity contribution is 6.53. The predicted octanol–water partition coefficient (Wildman–Crippen LogP) is 5.69. The van der Waals surface area contributed by atoms with Crippen molar-refractivity contribution in [1.29, 1.82) is 0 Å². The number of hydrogen-bond acceptors (Lipinski definition) is 0. The summed E-state index contributed by atoms with van der Waals surface area (Å²) in [6.45, 7) is 0. The molecule has 0 radical (unpaired) electrons. The molecular formula is C8H4Cl4F8. The average molecular weight is 394 g/mol. The highest BCUT2D eigenvalue weighted by Crippen LogP contribution is 2.49. The van der Waals surface area contributed by atoms with Crippen LogP contribution in [0.3, 0.4) is 0 Å². The molecule has 0 aromatic heterocycles. The van der Waals surface area contributed by atoms with Crippen LogP contribution in [-0.4, -0.2) is 34.2 Å². The molecule has 0 amide bonds. The highest BCUT2D eigenvalue weighted by Gasteiger charge is 2.65. The Hall–Kier alpha value is 0.340. The van der Waals surface area contributed by atoms with Crippen molar-refractivity contribution in [2.45, 2.75) is 34.2 Å². The van der Waals surface area contributed by atoms with Crippen molar-refractivity contribution in [3.8, 4) is 0 Å². The summed E-state index contributed by atoms with van der Waals surface area (Å²) in [7, 11) is 0. The van der Waals surface area contributed by atoms with Gasteiger partial charge in [0.15, 0.2) is 4.33 Å². The van der Waals surface area contributed by atoms with Crippen LogP contribution < -0.4 is 0 Å². The Morgan fingerprint density at radius 1 is 1.00 bits per heavy atom. The normalized spacial score (nSPS) is 19.7. The van der Waals surface area contributed by atoms with Gasteiger partial charge in [-0.15, -0.1) is 11.6 Å². The van der Waals surface area contributed by atoms with E-state index in [1.54, 1.807) is 0 Å². The summed E-state index contributed by atoms with van der Waals surface area (Å²) in [5, 5.41) is -5.09. The smallest absolute Gasteiger partial charge is 0.234 e. The van der Waals surface area contributed by atoms with Gasteiger partial charge in [-0.05, 0) is 0 Å². The van der Waals surface area contributed by atoms with E-state index in [1.807, 2.05) is 0 Å². The Balaban J connectivity index is 5.47. The third-order valence-electron chi connectivity index (χ3n) is 1.99. The quantitative estimate of drug-likeness (QED) is 0.415. The van der Waals surface area contributed by atoms with E-state index in [-0.39, 0.29) is 0 Å². The lowest BCUT2D eigenvalue weighted by Crippen LogP contribution is -2.55. The first-order valence-corrected chi connectivity index (χ1v) is 5.98. The van der Waals surface area contributed by atoms with Crippen molar-refractivity contribution in [3.05, 3.63) is 11.4 Å². The van der Waals surface area contributed by atoms with Crippen molar-refractivity contribution in [1.82, 2.24) is 0 Å². The Morgan fingerprint density at radius 3 is 1.70 bits per heavy atom. The van der Waals surface area contributed by atoms with Crippen molar-refractivity contribution >= 4 is 46.4 Å². The van der Waals surface area contributed by atoms with Gasteiger partial charge in [0.2, 0.25) is 12.3 Å². The molecule has 120 valence electrons. The van der Waals surface area contributed by atoms with Gasteiger partial charge >= 0.3 is 12.1 Å². The molecule has 0 aliphatic heterocycles. The Kier molecular flexibility index (Phi) is 6.74. The predicted molar refractivity (Wildman–Crippen MR) is 59.9 cm³/mol. The van der Waals surface area contributed by atoms with E-state index >= 15 is 0 Å². The minimum atomic E-state index is -5.72. The molecule has 0 fully saturated rings. The van der Waals surface area contributed by atoms with Crippen molar-refractivity contribution in [2.75, 3.05) is 0 Å². The van der Waals surface area contributed by atoms with Gasteiger partial charge in [-0.2, -0.15) is 13.2 Å². The summed E-state index contributed by atoms with van der Waals surface area (Å²) >= 11 is 19.3. The fraction of sp³-hybridized carbons (Fsp3) is 0.750. The monoisotopic (exact) mass is 392 g/mol. The van der Waals surface area contributed by atoms with Crippen LogP contribution in [0.2, 0.25) is 0 Å². The SMILES string of the molecule is FC=C(Cl)C(F)C(F)(F)C(Cl)C(Cl)(Cl)C(F)C(F)(F)F. The summed E-state index contributed by atoms with van der Waals surface area (Å²) in [6, 6.07) is 0. The van der Waals surface area contributed by atoms with Crippen LogP contribution in [0.1, 0.15) is 0 Å². The topological polar surface area (TPSA) is 0 Å². The first-order valence-electron chi connectivity index (χ1n) is 4.41. The van der Waals surface area contributed by atoms with Gasteiger partial charge in [-0.1, -0.05) is 34.8 Å². The summed E-state index contributed by atoms with van der Waals surface area (Å²) in [5.41, 5.74) is 0. The molecule has 0 saturated heterocycles. The zero-order valence-electron chi connectivity index (χ0n) is 8.84. The summed E-state index contributed by atoms with van der Waals surface area (Å²) in [4.78, 5) is 0. The van der Waals surface area contributed by atoms with E-state index in [9.17, 15) is 35.1 Å². The molecule has 20 heavy (non-hydrogen) atoms. The first-order chi connectivity index (χ1) is 8.70. The summed E-state index contributed by atoms with van der Waals surface area (Å²) in [6.07, 6.45) is -14.4. The number of hydrogen-bond donors (Lipinski definition) is 0. The lowest BCUT2D eigenvalue weighted by Gasteiger charge is -2.35. The molecule has 0 bridgehead atoms. The second-order valence-electron chi connectivity index (χ2n) is 3.47. The summed E-state index contributed by atoms with van der Waals surface area (Å²) in [5.74, 6) is -4.97. The standard InChI is InChI=1S/C8H4Cl4F8/c9-2(1-13)3(14)7(16,17)4(10)6(11,12)5(15)8(18,19)20/h1,3-5H. The minimum absolute atomic E-state index is 0.773. The first kappa shape index (κ1) is 20.3. The van der Waals surface area contributed by atoms with Crippen LogP contribution in [0.15, 0.2) is 11.4 Å². The molecule has 0 nitrogen and oxygen atoms in total. The van der Waals surface area contributed by atoms with E-state index in [4.69, 9.17) is 46.4 Å². The van der Waals surface area contributed by atoms with Crippen LogP contribution in [0, 0.1) is 0 Å². The third-order valence-corrected chi connectivity index (χ3v) is 3.94. The second-order valence-corrected chi connectivity index (χ2v) is 5.79. The number of allylic oxidation sites excluding steroid dienone is 1. The number of halogens is 12. The van der Waals surface area contributed by atoms with Gasteiger partial charge < -0.3 is 0 Å². The number of rotatable bonds is 5. The van der Waals surface area contributed by atoms with E-state index in [0.717, 1.165) is 0 Å². The Morgan fingerprint density at radius 2 is 1.40 bits per heavy atom. The largest absolute Gasteiger partial charge is 0.422 e. The lowest BCUT2D eigenvalue weighted by atomic mass is 10.0. The lowest BCUT2D eigenvalue weighted by molar-refractivity contribution is -0.189. The van der Waals surface area contributed by atoms with Gasteiger partial charge in [0, 0.05) is 0 Å². The summed E-state index contributed by atoms with van der Waals surface area (Å²) < 4.78 is 97.0. The van der Waals surface area contributed by atoms with Crippen LogP contribution in [0.25, 0.3) is 0 Å². The molecule has 0 saturated carbocycles. The molecule has 0 N–H and O–H groups in total. The highest BCUT2D eigenvalue weighted by atomic mass is 35.5. The van der Waals surface area contributed by atoms with Gasteiger partial charge in [0.25, 0.3) is 0 Å². The average Bonchev–Trinajstić information content (AvgIpc) is 2.33. The molecule has 0 aliphatic carbocycles. The maximum absolute atomic E-state index is 13.4. The van der Waals surface area contributed by atoms with Crippen molar-refractivity contribution in [2.24, 2.45) is 0 Å². The maximum Gasteiger partial charge on any atom is 0.422 e. The molecule has 0 rings (SSSR count). The third kappa shape index (κ3) is 4.18. The molecular weight excluding hydrogens is 390 g/mol. The van der Waals surface area contributed by atoms with Gasteiger partial charge in [0.1, 0.15) is 11.7 Å². The zero-order valence-corrected chi connectivity index (χ0v) is 11.9. The van der Waals surface area contributed by atoms with Crippen molar-refractivity contribution in [3.63, 3.8) is 0 Å². The van der Waals surface area contributed by atoms with Crippen LogP contribution in [0.4, 0.5) is 35.1 Å². The van der Waals surface area contributed by atoms with Crippen LogP contribution in [-0.2, 0) is 0 Å².